The molecule has 2 aromatic carbocycles. The minimum atomic E-state index is -0.259. The summed E-state index contributed by atoms with van der Waals surface area (Å²) in [6, 6.07) is 12.5. The summed E-state index contributed by atoms with van der Waals surface area (Å²) in [4.78, 5) is 16.6. The van der Waals surface area contributed by atoms with Gasteiger partial charge in [-0.05, 0) is 29.7 Å². The molecular weight excluding hydrogens is 371 g/mol. The molecule has 2 aromatic rings. The summed E-state index contributed by atoms with van der Waals surface area (Å²) in [6.07, 6.45) is 0. The molecule has 2 heterocycles. The van der Waals surface area contributed by atoms with Gasteiger partial charge in [-0.25, -0.2) is 4.39 Å². The van der Waals surface area contributed by atoms with Crippen molar-refractivity contribution in [1.29, 1.82) is 0 Å². The van der Waals surface area contributed by atoms with E-state index in [0.717, 1.165) is 42.3 Å². The Morgan fingerprint density at radius 2 is 1.90 bits per heavy atom. The first kappa shape index (κ1) is 19.7. The second kappa shape index (κ2) is 8.03. The van der Waals surface area contributed by atoms with Gasteiger partial charge in [-0.2, -0.15) is 0 Å². The van der Waals surface area contributed by atoms with E-state index >= 15 is 0 Å². The molecule has 4 rings (SSSR count). The molecule has 0 spiro atoms. The molecule has 0 unspecified atom stereocenters. The van der Waals surface area contributed by atoms with Crippen molar-refractivity contribution in [2.24, 2.45) is 11.8 Å². The van der Waals surface area contributed by atoms with Crippen molar-refractivity contribution in [2.45, 2.75) is 19.5 Å². The number of para-hydroxylation sites is 1. The number of likely N-dealkylation sites (tertiary alicyclic amines) is 2. The van der Waals surface area contributed by atoms with Crippen molar-refractivity contribution < 1.29 is 18.7 Å². The number of rotatable bonds is 5. The highest BCUT2D eigenvalue weighted by Crippen LogP contribution is 2.45. The number of hydrogen-bond donors (Lipinski definition) is 0. The lowest BCUT2D eigenvalue weighted by Gasteiger charge is -2.29. The summed E-state index contributed by atoms with van der Waals surface area (Å²) in [5.41, 5.74) is 1.96. The molecule has 0 aromatic heterocycles. The molecule has 0 radical (unpaired) electrons. The molecule has 29 heavy (non-hydrogen) atoms. The average Bonchev–Trinajstić information content (AvgIpc) is 3.25. The zero-order valence-corrected chi connectivity index (χ0v) is 17.1. The highest BCUT2D eigenvalue weighted by Gasteiger charge is 2.48. The van der Waals surface area contributed by atoms with E-state index in [9.17, 15) is 9.18 Å². The number of hydrogen-bond acceptors (Lipinski definition) is 4. The molecular formula is C23H27FN2O3. The van der Waals surface area contributed by atoms with Gasteiger partial charge in [0, 0.05) is 44.6 Å². The maximum Gasteiger partial charge on any atom is 0.219 e. The highest BCUT2D eigenvalue weighted by molar-refractivity contribution is 5.74. The van der Waals surface area contributed by atoms with Crippen LogP contribution < -0.4 is 9.47 Å². The average molecular weight is 398 g/mol. The number of methoxy groups -OCH3 is 2. The normalized spacial score (nSPS) is 23.9. The number of fused-ring (bicyclic) bond motifs is 1. The van der Waals surface area contributed by atoms with Crippen LogP contribution in [0.4, 0.5) is 4.39 Å². The van der Waals surface area contributed by atoms with Crippen LogP contribution in [0.1, 0.15) is 24.1 Å². The third-order valence-electron chi connectivity index (χ3n) is 6.21. The Bertz CT molecular complexity index is 903. The van der Waals surface area contributed by atoms with Gasteiger partial charge >= 0.3 is 0 Å². The molecule has 154 valence electrons. The third kappa shape index (κ3) is 3.69. The summed E-state index contributed by atoms with van der Waals surface area (Å²) in [7, 11) is 3.30. The number of benzene rings is 2. The van der Waals surface area contributed by atoms with E-state index in [4.69, 9.17) is 9.47 Å². The molecule has 3 atom stereocenters. The van der Waals surface area contributed by atoms with Gasteiger partial charge < -0.3 is 14.4 Å². The molecule has 2 aliphatic heterocycles. The molecule has 2 aliphatic rings. The van der Waals surface area contributed by atoms with Gasteiger partial charge in [0.1, 0.15) is 5.82 Å². The minimum absolute atomic E-state index is 0.0506. The summed E-state index contributed by atoms with van der Waals surface area (Å²) in [5, 5.41) is 0. The van der Waals surface area contributed by atoms with Crippen LogP contribution in [0.3, 0.4) is 0 Å². The monoisotopic (exact) mass is 398 g/mol. The zero-order valence-electron chi connectivity index (χ0n) is 17.1. The summed E-state index contributed by atoms with van der Waals surface area (Å²) >= 11 is 0. The van der Waals surface area contributed by atoms with Gasteiger partial charge in [-0.15, -0.1) is 0 Å². The maximum atomic E-state index is 13.9. The minimum Gasteiger partial charge on any atom is -0.493 e. The Balaban J connectivity index is 1.56. The predicted octanol–water partition coefficient (Wildman–Crippen LogP) is 3.49. The van der Waals surface area contributed by atoms with E-state index in [1.165, 1.54) is 6.07 Å². The zero-order chi connectivity index (χ0) is 20.5. The van der Waals surface area contributed by atoms with Crippen LogP contribution in [0.25, 0.3) is 0 Å². The Morgan fingerprint density at radius 1 is 1.10 bits per heavy atom. The summed E-state index contributed by atoms with van der Waals surface area (Å²) < 4.78 is 24.9. The van der Waals surface area contributed by atoms with E-state index in [2.05, 4.69) is 11.0 Å². The Hall–Kier alpha value is -2.60. The first-order chi connectivity index (χ1) is 14.0. The van der Waals surface area contributed by atoms with Crippen molar-refractivity contribution in [3.05, 3.63) is 59.4 Å². The fourth-order valence-electron chi connectivity index (χ4n) is 5.03. The van der Waals surface area contributed by atoms with Crippen molar-refractivity contribution >= 4 is 5.91 Å². The molecule has 2 saturated heterocycles. The van der Waals surface area contributed by atoms with Crippen LogP contribution in [0, 0.1) is 17.7 Å². The van der Waals surface area contributed by atoms with Crippen LogP contribution in [0.5, 0.6) is 11.5 Å². The number of nitrogens with zero attached hydrogens (tertiary/aromatic N) is 2. The smallest absolute Gasteiger partial charge is 0.219 e. The molecule has 5 nitrogen and oxygen atoms in total. The SMILES string of the molecule is COc1cccc(CN2C[C@@H]3CN(C(C)=O)[C@H](c4cccc(F)c4)[C@@H]3C2)c1OC. The standard InChI is InChI=1S/C23H27FN2O3/c1-15(27)26-13-18-12-25(11-17-7-5-9-21(28-2)23(17)29-3)14-20(18)22(26)16-6-4-8-19(24)10-16/h4-10,18,20,22H,11-14H2,1-3H3/t18-,20-,22-/m1/s1. The van der Waals surface area contributed by atoms with E-state index in [1.807, 2.05) is 23.1 Å². The number of amides is 1. The second-order valence-corrected chi connectivity index (χ2v) is 7.94. The second-order valence-electron chi connectivity index (χ2n) is 7.94. The van der Waals surface area contributed by atoms with Gasteiger partial charge in [0.25, 0.3) is 0 Å². The quantitative estimate of drug-likeness (QED) is 0.773. The van der Waals surface area contributed by atoms with Gasteiger partial charge in [0.15, 0.2) is 11.5 Å². The van der Waals surface area contributed by atoms with E-state index < -0.39 is 0 Å². The van der Waals surface area contributed by atoms with Gasteiger partial charge in [-0.1, -0.05) is 24.3 Å². The Morgan fingerprint density at radius 3 is 2.59 bits per heavy atom. The van der Waals surface area contributed by atoms with Gasteiger partial charge in [-0.3, -0.25) is 9.69 Å². The molecule has 0 saturated carbocycles. The third-order valence-corrected chi connectivity index (χ3v) is 6.21. The van der Waals surface area contributed by atoms with Crippen LogP contribution in [0.2, 0.25) is 0 Å². The first-order valence-corrected chi connectivity index (χ1v) is 9.96. The molecule has 1 amide bonds. The van der Waals surface area contributed by atoms with Crippen molar-refractivity contribution in [2.75, 3.05) is 33.9 Å². The van der Waals surface area contributed by atoms with E-state index in [-0.39, 0.29) is 23.7 Å². The Labute approximate surface area is 171 Å². The first-order valence-electron chi connectivity index (χ1n) is 9.96. The van der Waals surface area contributed by atoms with Crippen LogP contribution in [-0.4, -0.2) is 49.6 Å². The van der Waals surface area contributed by atoms with Crippen LogP contribution in [-0.2, 0) is 11.3 Å². The van der Waals surface area contributed by atoms with Crippen LogP contribution >= 0.6 is 0 Å². The molecule has 2 fully saturated rings. The number of carbonyl (C=O) groups is 1. The van der Waals surface area contributed by atoms with Gasteiger partial charge in [0.2, 0.25) is 5.91 Å². The topological polar surface area (TPSA) is 42.0 Å². The number of ether oxygens (including phenoxy) is 2. The molecule has 0 aliphatic carbocycles. The molecule has 0 bridgehead atoms. The Kier molecular flexibility index (Phi) is 5.46. The fourth-order valence-corrected chi connectivity index (χ4v) is 5.03. The summed E-state index contributed by atoms with van der Waals surface area (Å²) in [5.74, 6) is 1.95. The largest absolute Gasteiger partial charge is 0.493 e. The van der Waals surface area contributed by atoms with Crippen molar-refractivity contribution in [3.63, 3.8) is 0 Å². The maximum absolute atomic E-state index is 13.9. The predicted molar refractivity (Wildman–Crippen MR) is 108 cm³/mol. The molecule has 0 N–H and O–H groups in total. The highest BCUT2D eigenvalue weighted by atomic mass is 19.1. The van der Waals surface area contributed by atoms with Crippen LogP contribution in [0.15, 0.2) is 42.5 Å². The van der Waals surface area contributed by atoms with Crippen molar-refractivity contribution in [1.82, 2.24) is 9.80 Å². The molecule has 6 heteroatoms. The lowest BCUT2D eigenvalue weighted by Crippen LogP contribution is -2.34. The lowest BCUT2D eigenvalue weighted by molar-refractivity contribution is -0.130. The van der Waals surface area contributed by atoms with E-state index in [1.54, 1.807) is 33.3 Å². The number of carbonyl (C=O) groups excluding carboxylic acids is 1. The lowest BCUT2D eigenvalue weighted by atomic mass is 9.89. The summed E-state index contributed by atoms with van der Waals surface area (Å²) in [6.45, 7) is 4.83. The van der Waals surface area contributed by atoms with E-state index in [0.29, 0.717) is 12.5 Å². The number of halogens is 1. The fraction of sp³-hybridized carbons (Fsp3) is 0.435. The van der Waals surface area contributed by atoms with Gasteiger partial charge in [0.05, 0.1) is 20.3 Å². The van der Waals surface area contributed by atoms with Crippen molar-refractivity contribution in [3.8, 4) is 11.5 Å².